The van der Waals surface area contributed by atoms with E-state index in [9.17, 15) is 8.42 Å². The van der Waals surface area contributed by atoms with Crippen molar-refractivity contribution in [2.24, 2.45) is 5.92 Å². The maximum Gasteiger partial charge on any atom is 0.175 e. The predicted octanol–water partition coefficient (Wildman–Crippen LogP) is 3.30. The second-order valence-corrected chi connectivity index (χ2v) is 7.94. The minimum absolute atomic E-state index is 0.313. The Bertz CT molecular complexity index is 513. The van der Waals surface area contributed by atoms with E-state index in [1.54, 1.807) is 12.1 Å². The van der Waals surface area contributed by atoms with Gasteiger partial charge in [0.05, 0.1) is 4.90 Å². The minimum Gasteiger partial charge on any atom is -0.385 e. The fourth-order valence-corrected chi connectivity index (χ4v) is 3.53. The van der Waals surface area contributed by atoms with Crippen molar-refractivity contribution in [1.29, 1.82) is 0 Å². The Hall–Kier alpha value is -0.740. The quantitative estimate of drug-likeness (QED) is 0.868. The van der Waals surface area contributed by atoms with Crippen molar-refractivity contribution in [3.05, 3.63) is 24.3 Å². The van der Waals surface area contributed by atoms with Crippen molar-refractivity contribution in [3.8, 4) is 0 Å². The fraction of sp³-hybridized carbons (Fsp3) is 0.571. The summed E-state index contributed by atoms with van der Waals surface area (Å²) < 4.78 is 22.7. The summed E-state index contributed by atoms with van der Waals surface area (Å²) in [4.78, 5) is 0.358. The summed E-state index contributed by atoms with van der Waals surface area (Å²) >= 11 is 6.17. The highest BCUT2D eigenvalue weighted by molar-refractivity contribution is 7.90. The molecule has 106 valence electrons. The molecular formula is C14H20ClNO2S. The SMILES string of the molecule is CS(=O)(=O)c1ccc(NCC2CCCC(Cl)C2)cc1. The smallest absolute Gasteiger partial charge is 0.175 e. The Morgan fingerprint density at radius 3 is 2.53 bits per heavy atom. The average Bonchev–Trinajstić information content (AvgIpc) is 2.36. The van der Waals surface area contributed by atoms with Gasteiger partial charge in [-0.3, -0.25) is 0 Å². The number of anilines is 1. The molecule has 0 aromatic heterocycles. The van der Waals surface area contributed by atoms with Gasteiger partial charge in [0, 0.05) is 23.9 Å². The van der Waals surface area contributed by atoms with Gasteiger partial charge in [0.15, 0.2) is 9.84 Å². The lowest BCUT2D eigenvalue weighted by molar-refractivity contribution is 0.378. The molecule has 1 fully saturated rings. The van der Waals surface area contributed by atoms with Crippen LogP contribution in [0.4, 0.5) is 5.69 Å². The first-order chi connectivity index (χ1) is 8.95. The summed E-state index contributed by atoms with van der Waals surface area (Å²) in [5.41, 5.74) is 0.962. The van der Waals surface area contributed by atoms with Gasteiger partial charge in [-0.15, -0.1) is 11.6 Å². The minimum atomic E-state index is -3.11. The van der Waals surface area contributed by atoms with Crippen LogP contribution in [0.3, 0.4) is 0 Å². The normalized spacial score (nSPS) is 24.1. The molecule has 5 heteroatoms. The van der Waals surface area contributed by atoms with Crippen molar-refractivity contribution in [2.45, 2.75) is 36.0 Å². The number of nitrogens with one attached hydrogen (secondary N) is 1. The summed E-state index contributed by atoms with van der Waals surface area (Å²) in [6.45, 7) is 0.904. The van der Waals surface area contributed by atoms with Gasteiger partial charge < -0.3 is 5.32 Å². The first kappa shape index (κ1) is 14.7. The molecule has 0 spiro atoms. The molecule has 0 radical (unpaired) electrons. The van der Waals surface area contributed by atoms with Crippen molar-refractivity contribution in [3.63, 3.8) is 0 Å². The van der Waals surface area contributed by atoms with Crippen LogP contribution in [0.5, 0.6) is 0 Å². The van der Waals surface area contributed by atoms with Crippen LogP contribution in [0.25, 0.3) is 0 Å². The largest absolute Gasteiger partial charge is 0.385 e. The van der Waals surface area contributed by atoms with E-state index in [-0.39, 0.29) is 0 Å². The molecule has 1 N–H and O–H groups in total. The number of hydrogen-bond donors (Lipinski definition) is 1. The first-order valence-electron chi connectivity index (χ1n) is 6.63. The monoisotopic (exact) mass is 301 g/mol. The Morgan fingerprint density at radius 1 is 1.26 bits per heavy atom. The van der Waals surface area contributed by atoms with Crippen LogP contribution in [0.2, 0.25) is 0 Å². The van der Waals surface area contributed by atoms with Gasteiger partial charge in [-0.05, 0) is 49.4 Å². The van der Waals surface area contributed by atoms with Gasteiger partial charge in [-0.25, -0.2) is 8.42 Å². The number of alkyl halides is 1. The zero-order chi connectivity index (χ0) is 13.9. The lowest BCUT2D eigenvalue weighted by Gasteiger charge is -2.25. The van der Waals surface area contributed by atoms with E-state index in [0.717, 1.165) is 25.1 Å². The lowest BCUT2D eigenvalue weighted by atomic mass is 9.89. The number of rotatable bonds is 4. The van der Waals surface area contributed by atoms with Crippen LogP contribution >= 0.6 is 11.6 Å². The number of sulfone groups is 1. The average molecular weight is 302 g/mol. The summed E-state index contributed by atoms with van der Waals surface area (Å²) in [7, 11) is -3.11. The predicted molar refractivity (Wildman–Crippen MR) is 79.6 cm³/mol. The number of halogens is 1. The maximum atomic E-state index is 11.4. The highest BCUT2D eigenvalue weighted by Gasteiger charge is 2.19. The van der Waals surface area contributed by atoms with Gasteiger partial charge >= 0.3 is 0 Å². The second-order valence-electron chi connectivity index (χ2n) is 5.31. The number of hydrogen-bond acceptors (Lipinski definition) is 3. The third-order valence-electron chi connectivity index (χ3n) is 3.60. The Balaban J connectivity index is 1.89. The highest BCUT2D eigenvalue weighted by atomic mass is 35.5. The van der Waals surface area contributed by atoms with E-state index in [1.165, 1.54) is 19.1 Å². The summed E-state index contributed by atoms with van der Waals surface area (Å²) in [6.07, 6.45) is 5.83. The molecule has 0 saturated heterocycles. The standard InChI is InChI=1S/C14H20ClNO2S/c1-19(17,18)14-7-5-13(6-8-14)16-10-11-3-2-4-12(15)9-11/h5-8,11-12,16H,2-4,9-10H2,1H3. The zero-order valence-corrected chi connectivity index (χ0v) is 12.7. The molecule has 1 aliphatic rings. The van der Waals surface area contributed by atoms with Gasteiger partial charge in [-0.1, -0.05) is 6.42 Å². The molecule has 19 heavy (non-hydrogen) atoms. The highest BCUT2D eigenvalue weighted by Crippen LogP contribution is 2.28. The zero-order valence-electron chi connectivity index (χ0n) is 11.1. The van der Waals surface area contributed by atoms with Gasteiger partial charge in [0.1, 0.15) is 0 Å². The molecule has 3 nitrogen and oxygen atoms in total. The van der Waals surface area contributed by atoms with Crippen LogP contribution in [0, 0.1) is 5.92 Å². The molecule has 1 saturated carbocycles. The second kappa shape index (κ2) is 6.14. The molecule has 0 heterocycles. The Labute approximate surface area is 120 Å². The maximum absolute atomic E-state index is 11.4. The lowest BCUT2D eigenvalue weighted by Crippen LogP contribution is -2.22. The summed E-state index contributed by atoms with van der Waals surface area (Å²) in [5, 5.41) is 3.67. The van der Waals surface area contributed by atoms with Gasteiger partial charge in [0.2, 0.25) is 0 Å². The molecule has 1 aromatic rings. The molecule has 1 aromatic carbocycles. The van der Waals surface area contributed by atoms with Crippen LogP contribution in [0.1, 0.15) is 25.7 Å². The van der Waals surface area contributed by atoms with Gasteiger partial charge in [-0.2, -0.15) is 0 Å². The van der Waals surface area contributed by atoms with Crippen molar-refractivity contribution in [1.82, 2.24) is 0 Å². The fourth-order valence-electron chi connectivity index (χ4n) is 2.49. The van der Waals surface area contributed by atoms with E-state index in [1.807, 2.05) is 12.1 Å². The molecular weight excluding hydrogens is 282 g/mol. The molecule has 1 aliphatic carbocycles. The Kier molecular flexibility index (Phi) is 4.74. The first-order valence-corrected chi connectivity index (χ1v) is 8.96. The van der Waals surface area contributed by atoms with Crippen LogP contribution in [-0.4, -0.2) is 26.6 Å². The molecule has 0 bridgehead atoms. The van der Waals surface area contributed by atoms with E-state index in [0.29, 0.717) is 16.2 Å². The van der Waals surface area contributed by atoms with E-state index < -0.39 is 9.84 Å². The van der Waals surface area contributed by atoms with Gasteiger partial charge in [0.25, 0.3) is 0 Å². The topological polar surface area (TPSA) is 46.2 Å². The number of benzene rings is 1. The van der Waals surface area contributed by atoms with Crippen molar-refractivity contribution < 1.29 is 8.42 Å². The third-order valence-corrected chi connectivity index (χ3v) is 5.12. The van der Waals surface area contributed by atoms with Crippen molar-refractivity contribution >= 4 is 27.1 Å². The molecule has 2 rings (SSSR count). The summed E-state index contributed by atoms with van der Waals surface area (Å²) in [5.74, 6) is 0.617. The summed E-state index contributed by atoms with van der Waals surface area (Å²) in [6, 6.07) is 6.92. The van der Waals surface area contributed by atoms with Crippen LogP contribution < -0.4 is 5.32 Å². The van der Waals surface area contributed by atoms with E-state index >= 15 is 0 Å². The van der Waals surface area contributed by atoms with E-state index in [4.69, 9.17) is 11.6 Å². The molecule has 2 unspecified atom stereocenters. The third kappa shape index (κ3) is 4.39. The molecule has 0 aliphatic heterocycles. The van der Waals surface area contributed by atoms with Crippen LogP contribution in [0.15, 0.2) is 29.2 Å². The molecule has 2 atom stereocenters. The van der Waals surface area contributed by atoms with Crippen molar-refractivity contribution in [2.75, 3.05) is 18.1 Å². The van der Waals surface area contributed by atoms with E-state index in [2.05, 4.69) is 5.32 Å². The van der Waals surface area contributed by atoms with Crippen LogP contribution in [-0.2, 0) is 9.84 Å². The molecule has 0 amide bonds. The Morgan fingerprint density at radius 2 is 1.95 bits per heavy atom.